The molecule has 0 fully saturated rings. The van der Waals surface area contributed by atoms with Gasteiger partial charge in [-0.05, 0) is 42.8 Å². The Hall–Kier alpha value is -2.97. The number of nitrogens with one attached hydrogen (secondary N) is 2. The number of hydrogen-bond acceptors (Lipinski definition) is 6. The highest BCUT2D eigenvalue weighted by Crippen LogP contribution is 2.34. The Morgan fingerprint density at radius 1 is 1.21 bits per heavy atom. The quantitative estimate of drug-likeness (QED) is 0.545. The largest absolute Gasteiger partial charge is 0.497 e. The summed E-state index contributed by atoms with van der Waals surface area (Å²) in [5, 5.41) is 6.16. The van der Waals surface area contributed by atoms with Crippen LogP contribution in [0.1, 0.15) is 22.2 Å². The van der Waals surface area contributed by atoms with Crippen molar-refractivity contribution in [1.82, 2.24) is 10.3 Å². The van der Waals surface area contributed by atoms with Gasteiger partial charge in [0.15, 0.2) is 5.13 Å². The Morgan fingerprint density at radius 2 is 2.03 bits per heavy atom. The number of nitrogens with zero attached hydrogens (tertiary/aromatic N) is 1. The minimum atomic E-state index is -0.245. The van der Waals surface area contributed by atoms with E-state index in [0.29, 0.717) is 11.7 Å². The van der Waals surface area contributed by atoms with Crippen LogP contribution in [0.3, 0.4) is 0 Å². The van der Waals surface area contributed by atoms with E-state index in [-0.39, 0.29) is 11.8 Å². The molecule has 3 rings (SSSR count). The summed E-state index contributed by atoms with van der Waals surface area (Å²) >= 11 is 3.01. The lowest BCUT2D eigenvalue weighted by Gasteiger charge is -2.00. The fraction of sp³-hybridized carbons (Fsp3) is 0.190. The second-order valence-electron chi connectivity index (χ2n) is 6.20. The maximum atomic E-state index is 12.3. The maximum absolute atomic E-state index is 12.3. The predicted octanol–water partition coefficient (Wildman–Crippen LogP) is 4.48. The van der Waals surface area contributed by atoms with Crippen molar-refractivity contribution >= 4 is 45.7 Å². The van der Waals surface area contributed by atoms with E-state index >= 15 is 0 Å². The fourth-order valence-corrected chi connectivity index (χ4v) is 4.44. The lowest BCUT2D eigenvalue weighted by Crippen LogP contribution is -2.17. The average molecular weight is 428 g/mol. The normalized spacial score (nSPS) is 10.9. The summed E-state index contributed by atoms with van der Waals surface area (Å²) in [4.78, 5) is 31.0. The Morgan fingerprint density at radius 3 is 2.79 bits per heavy atom. The zero-order valence-electron chi connectivity index (χ0n) is 16.3. The number of benzene rings is 1. The molecule has 0 aliphatic carbocycles. The van der Waals surface area contributed by atoms with Crippen LogP contribution >= 0.6 is 22.7 Å². The van der Waals surface area contributed by atoms with E-state index in [9.17, 15) is 9.59 Å². The van der Waals surface area contributed by atoms with Crippen LogP contribution in [0.4, 0.5) is 5.13 Å². The number of aromatic nitrogens is 1. The van der Waals surface area contributed by atoms with Gasteiger partial charge in [0.2, 0.25) is 11.8 Å². The maximum Gasteiger partial charge on any atom is 0.250 e. The molecule has 0 bridgehead atoms. The zero-order chi connectivity index (χ0) is 20.8. The van der Waals surface area contributed by atoms with E-state index < -0.39 is 0 Å². The first-order valence-electron chi connectivity index (χ1n) is 8.88. The Kier molecular flexibility index (Phi) is 6.79. The van der Waals surface area contributed by atoms with Gasteiger partial charge in [-0.2, -0.15) is 0 Å². The van der Waals surface area contributed by atoms with Crippen LogP contribution in [0.15, 0.2) is 42.5 Å². The number of amides is 2. The number of rotatable bonds is 7. The van der Waals surface area contributed by atoms with Gasteiger partial charge < -0.3 is 10.1 Å². The lowest BCUT2D eigenvalue weighted by atomic mass is 10.2. The summed E-state index contributed by atoms with van der Waals surface area (Å²) in [7, 11) is 1.61. The molecule has 0 spiro atoms. The van der Waals surface area contributed by atoms with Crippen molar-refractivity contribution in [2.45, 2.75) is 20.4 Å². The highest BCUT2D eigenvalue weighted by Gasteiger charge is 2.13. The first-order chi connectivity index (χ1) is 13.9. The molecule has 2 aromatic heterocycles. The number of carbonyl (C=O) groups is 2. The summed E-state index contributed by atoms with van der Waals surface area (Å²) in [6, 6.07) is 11.4. The van der Waals surface area contributed by atoms with Crippen molar-refractivity contribution in [2.24, 2.45) is 0 Å². The molecule has 0 aliphatic rings. The second-order valence-corrected chi connectivity index (χ2v) is 8.57. The van der Waals surface area contributed by atoms with Gasteiger partial charge in [-0.15, -0.1) is 22.7 Å². The van der Waals surface area contributed by atoms with Gasteiger partial charge >= 0.3 is 0 Å². The third-order valence-electron chi connectivity index (χ3n) is 3.95. The van der Waals surface area contributed by atoms with Crippen molar-refractivity contribution < 1.29 is 14.3 Å². The van der Waals surface area contributed by atoms with Crippen LogP contribution < -0.4 is 15.4 Å². The van der Waals surface area contributed by atoms with E-state index in [1.165, 1.54) is 24.3 Å². The molecule has 150 valence electrons. The zero-order valence-corrected chi connectivity index (χ0v) is 17.9. The smallest absolute Gasteiger partial charge is 0.250 e. The van der Waals surface area contributed by atoms with Gasteiger partial charge in [-0.25, -0.2) is 4.98 Å². The fourth-order valence-electron chi connectivity index (χ4n) is 2.55. The second kappa shape index (κ2) is 9.49. The minimum Gasteiger partial charge on any atom is -0.497 e. The first-order valence-corrected chi connectivity index (χ1v) is 10.5. The van der Waals surface area contributed by atoms with Crippen molar-refractivity contribution in [3.05, 3.63) is 57.8 Å². The van der Waals surface area contributed by atoms with Crippen LogP contribution in [0.2, 0.25) is 0 Å². The van der Waals surface area contributed by atoms with Crippen molar-refractivity contribution in [3.8, 4) is 16.3 Å². The lowest BCUT2D eigenvalue weighted by molar-refractivity contribution is -0.119. The monoisotopic (exact) mass is 427 g/mol. The van der Waals surface area contributed by atoms with E-state index in [2.05, 4.69) is 15.6 Å². The Labute approximate surface area is 177 Å². The van der Waals surface area contributed by atoms with Gasteiger partial charge in [-0.3, -0.25) is 14.9 Å². The highest BCUT2D eigenvalue weighted by molar-refractivity contribution is 7.18. The summed E-state index contributed by atoms with van der Waals surface area (Å²) < 4.78 is 5.18. The molecule has 1 aromatic carbocycles. The molecule has 29 heavy (non-hydrogen) atoms. The number of anilines is 1. The molecule has 3 aromatic rings. The Bertz CT molecular complexity index is 1050. The topological polar surface area (TPSA) is 80.3 Å². The number of thiophene rings is 1. The van der Waals surface area contributed by atoms with Gasteiger partial charge in [0.25, 0.3) is 0 Å². The number of carbonyl (C=O) groups excluding carboxylic acids is 2. The third kappa shape index (κ3) is 5.75. The molecule has 6 nitrogen and oxygen atoms in total. The van der Waals surface area contributed by atoms with Crippen LogP contribution in [0, 0.1) is 6.92 Å². The highest BCUT2D eigenvalue weighted by atomic mass is 32.1. The molecule has 0 unspecified atom stereocenters. The number of hydrogen-bond donors (Lipinski definition) is 2. The summed E-state index contributed by atoms with van der Waals surface area (Å²) in [5.74, 6) is 0.434. The van der Waals surface area contributed by atoms with Crippen LogP contribution in [0.25, 0.3) is 16.6 Å². The van der Waals surface area contributed by atoms with Gasteiger partial charge in [0.1, 0.15) is 5.75 Å². The van der Waals surface area contributed by atoms with Crippen LogP contribution in [0.5, 0.6) is 5.75 Å². The molecule has 0 saturated heterocycles. The van der Waals surface area contributed by atoms with E-state index in [1.807, 2.05) is 43.3 Å². The van der Waals surface area contributed by atoms with Gasteiger partial charge in [0.05, 0.1) is 24.2 Å². The van der Waals surface area contributed by atoms with Gasteiger partial charge in [-0.1, -0.05) is 12.1 Å². The Balaban J connectivity index is 1.66. The molecule has 2 N–H and O–H groups in total. The van der Waals surface area contributed by atoms with E-state index in [0.717, 1.165) is 31.6 Å². The molecule has 0 saturated carbocycles. The number of ether oxygens (including phenoxy) is 1. The van der Waals surface area contributed by atoms with Crippen LogP contribution in [-0.2, 0) is 16.1 Å². The van der Waals surface area contributed by atoms with E-state index in [4.69, 9.17) is 4.74 Å². The summed E-state index contributed by atoms with van der Waals surface area (Å²) in [6.07, 6.45) is 3.20. The molecule has 0 atom stereocenters. The molecular weight excluding hydrogens is 406 g/mol. The summed E-state index contributed by atoms with van der Waals surface area (Å²) in [5.41, 5.74) is 1.72. The molecule has 0 aliphatic heterocycles. The van der Waals surface area contributed by atoms with Crippen LogP contribution in [-0.4, -0.2) is 23.9 Å². The predicted molar refractivity (Wildman–Crippen MR) is 118 cm³/mol. The number of aryl methyl sites for hydroxylation is 1. The average Bonchev–Trinajstić information content (AvgIpc) is 3.31. The van der Waals surface area contributed by atoms with E-state index in [1.54, 1.807) is 24.5 Å². The molecular formula is C21H21N3O3S2. The molecule has 2 heterocycles. The minimum absolute atomic E-state index is 0.0585. The molecule has 2 amide bonds. The first kappa shape index (κ1) is 20.8. The summed E-state index contributed by atoms with van der Waals surface area (Å²) in [6.45, 7) is 3.97. The van der Waals surface area contributed by atoms with Crippen molar-refractivity contribution in [1.29, 1.82) is 0 Å². The van der Waals surface area contributed by atoms with Crippen molar-refractivity contribution in [3.63, 3.8) is 0 Å². The number of thiazole rings is 1. The third-order valence-corrected chi connectivity index (χ3v) is 5.93. The molecule has 8 heteroatoms. The standard InChI is InChI=1S/C21H21N3O3S2/c1-13-20(18-9-8-17(29-18)12-22-14(2)25)24-21(28-13)23-19(26)10-7-15-5-4-6-16(11-15)27-3/h4-11H,12H2,1-3H3,(H,22,25)(H,23,24,26)/b10-7+. The van der Waals surface area contributed by atoms with Gasteiger partial charge in [0, 0.05) is 22.8 Å². The molecule has 0 radical (unpaired) electrons. The van der Waals surface area contributed by atoms with Crippen molar-refractivity contribution in [2.75, 3.05) is 12.4 Å². The number of methoxy groups -OCH3 is 1. The SMILES string of the molecule is COc1cccc(/C=C/C(=O)Nc2nc(-c3ccc(CNC(C)=O)s3)c(C)s2)c1.